The molecule has 3 N–H and O–H groups in total. The van der Waals surface area contributed by atoms with Gasteiger partial charge in [0.25, 0.3) is 11.8 Å². The smallest absolute Gasteiger partial charge is 0.267 e. The molecule has 7 nitrogen and oxygen atoms in total. The molecule has 9 heteroatoms. The third-order valence-corrected chi connectivity index (χ3v) is 6.02. The molecule has 3 rings (SSSR count). The van der Waals surface area contributed by atoms with E-state index in [0.29, 0.717) is 4.88 Å². The van der Waals surface area contributed by atoms with E-state index in [1.165, 1.54) is 35.6 Å². The number of hydrogen-bond donors (Lipinski definition) is 3. The topological polar surface area (TPSA) is 104 Å². The van der Waals surface area contributed by atoms with Gasteiger partial charge in [0.15, 0.2) is 0 Å². The van der Waals surface area contributed by atoms with Crippen LogP contribution in [-0.2, 0) is 16.6 Å². The second-order valence-corrected chi connectivity index (χ2v) is 8.44. The first-order chi connectivity index (χ1) is 13.5. The van der Waals surface area contributed by atoms with Crippen molar-refractivity contribution in [1.29, 1.82) is 0 Å². The molecule has 144 valence electrons. The fraction of sp³-hybridized carbons (Fsp3) is 0.0526. The molecule has 1 heterocycles. The highest BCUT2D eigenvalue weighted by Gasteiger charge is 2.16. The number of sulfonamides is 1. The van der Waals surface area contributed by atoms with Crippen LogP contribution in [0.15, 0.2) is 77.0 Å². The fourth-order valence-corrected chi connectivity index (χ4v) is 4.00. The van der Waals surface area contributed by atoms with Crippen LogP contribution in [0.25, 0.3) is 0 Å². The molecule has 0 radical (unpaired) electrons. The lowest BCUT2D eigenvalue weighted by atomic mass is 10.2. The zero-order valence-electron chi connectivity index (χ0n) is 14.6. The van der Waals surface area contributed by atoms with E-state index in [1.807, 2.05) is 30.3 Å². The first-order valence-corrected chi connectivity index (χ1v) is 10.6. The summed E-state index contributed by atoms with van der Waals surface area (Å²) in [5, 5.41) is 1.74. The van der Waals surface area contributed by atoms with Crippen molar-refractivity contribution in [3.63, 3.8) is 0 Å². The summed E-state index contributed by atoms with van der Waals surface area (Å²) in [5.74, 6) is -1.07. The maximum absolute atomic E-state index is 12.5. The van der Waals surface area contributed by atoms with E-state index in [-0.39, 0.29) is 17.0 Å². The van der Waals surface area contributed by atoms with E-state index >= 15 is 0 Å². The molecule has 3 aromatic rings. The van der Waals surface area contributed by atoms with E-state index in [0.717, 1.165) is 5.56 Å². The van der Waals surface area contributed by atoms with Crippen molar-refractivity contribution < 1.29 is 18.0 Å². The number of benzene rings is 2. The monoisotopic (exact) mass is 415 g/mol. The van der Waals surface area contributed by atoms with Gasteiger partial charge < -0.3 is 0 Å². The molecule has 0 unspecified atom stereocenters. The molecular formula is C19H17N3O4S2. The highest BCUT2D eigenvalue weighted by molar-refractivity contribution is 7.89. The third kappa shape index (κ3) is 5.03. The summed E-state index contributed by atoms with van der Waals surface area (Å²) in [6.07, 6.45) is 0. The maximum Gasteiger partial charge on any atom is 0.279 e. The highest BCUT2D eigenvalue weighted by Crippen LogP contribution is 2.13. The number of carbonyl (C=O) groups is 2. The van der Waals surface area contributed by atoms with Gasteiger partial charge in [0.05, 0.1) is 9.77 Å². The predicted molar refractivity (Wildman–Crippen MR) is 106 cm³/mol. The van der Waals surface area contributed by atoms with E-state index in [2.05, 4.69) is 15.6 Å². The summed E-state index contributed by atoms with van der Waals surface area (Å²) in [7, 11) is -3.80. The van der Waals surface area contributed by atoms with Crippen LogP contribution in [-0.4, -0.2) is 20.2 Å². The summed E-state index contributed by atoms with van der Waals surface area (Å²) in [6, 6.07) is 18.0. The van der Waals surface area contributed by atoms with Crippen molar-refractivity contribution >= 4 is 33.2 Å². The Kier molecular flexibility index (Phi) is 6.19. The lowest BCUT2D eigenvalue weighted by molar-refractivity contribution is 0.0849. The molecule has 0 fully saturated rings. The quantitative estimate of drug-likeness (QED) is 0.537. The minimum atomic E-state index is -3.80. The van der Waals surface area contributed by atoms with Gasteiger partial charge in [0.2, 0.25) is 10.0 Å². The molecule has 0 spiro atoms. The van der Waals surface area contributed by atoms with Crippen LogP contribution >= 0.6 is 11.3 Å². The van der Waals surface area contributed by atoms with Crippen molar-refractivity contribution in [2.75, 3.05) is 0 Å². The Hall–Kier alpha value is -3.01. The first kappa shape index (κ1) is 19.7. The van der Waals surface area contributed by atoms with Gasteiger partial charge in [-0.1, -0.05) is 42.5 Å². The zero-order valence-corrected chi connectivity index (χ0v) is 16.2. The maximum atomic E-state index is 12.5. The van der Waals surface area contributed by atoms with Gasteiger partial charge in [-0.3, -0.25) is 20.4 Å². The summed E-state index contributed by atoms with van der Waals surface area (Å²) >= 11 is 1.24. The van der Waals surface area contributed by atoms with Crippen LogP contribution in [0.3, 0.4) is 0 Å². The molecule has 0 saturated heterocycles. The average molecular weight is 415 g/mol. The van der Waals surface area contributed by atoms with Gasteiger partial charge in [-0.15, -0.1) is 11.3 Å². The van der Waals surface area contributed by atoms with Crippen molar-refractivity contribution in [2.24, 2.45) is 0 Å². The Bertz CT molecular complexity index is 1070. The van der Waals surface area contributed by atoms with Crippen LogP contribution in [0.2, 0.25) is 0 Å². The van der Waals surface area contributed by atoms with Gasteiger partial charge in [-0.05, 0) is 35.2 Å². The number of hydrogen-bond acceptors (Lipinski definition) is 5. The molecule has 0 atom stereocenters. The Morgan fingerprint density at radius 3 is 2.32 bits per heavy atom. The van der Waals surface area contributed by atoms with Gasteiger partial charge in [-0.2, -0.15) is 0 Å². The average Bonchev–Trinajstić information content (AvgIpc) is 3.26. The van der Waals surface area contributed by atoms with Crippen molar-refractivity contribution in [1.82, 2.24) is 15.6 Å². The molecule has 0 aliphatic carbocycles. The summed E-state index contributed by atoms with van der Waals surface area (Å²) in [4.78, 5) is 24.5. The number of amides is 2. The summed E-state index contributed by atoms with van der Waals surface area (Å²) in [6.45, 7) is 0.135. The Morgan fingerprint density at radius 2 is 1.61 bits per heavy atom. The SMILES string of the molecule is O=C(NNC(=O)c1cccs1)c1cccc(S(=O)(=O)NCc2ccccc2)c1. The summed E-state index contributed by atoms with van der Waals surface area (Å²) < 4.78 is 27.5. The van der Waals surface area contributed by atoms with Crippen LogP contribution < -0.4 is 15.6 Å². The lowest BCUT2D eigenvalue weighted by Crippen LogP contribution is -2.41. The first-order valence-electron chi connectivity index (χ1n) is 8.23. The molecule has 0 bridgehead atoms. The van der Waals surface area contributed by atoms with E-state index < -0.39 is 21.8 Å². The molecule has 0 aliphatic rings. The van der Waals surface area contributed by atoms with Crippen molar-refractivity contribution in [2.45, 2.75) is 11.4 Å². The third-order valence-electron chi connectivity index (χ3n) is 3.75. The number of carbonyl (C=O) groups excluding carboxylic acids is 2. The normalized spacial score (nSPS) is 11.0. The van der Waals surface area contributed by atoms with Gasteiger partial charge in [0, 0.05) is 12.1 Å². The van der Waals surface area contributed by atoms with Crippen LogP contribution in [0, 0.1) is 0 Å². The predicted octanol–water partition coefficient (Wildman–Crippen LogP) is 2.30. The van der Waals surface area contributed by atoms with Gasteiger partial charge in [-0.25, -0.2) is 13.1 Å². The molecular weight excluding hydrogens is 398 g/mol. The molecule has 28 heavy (non-hydrogen) atoms. The van der Waals surface area contributed by atoms with Crippen LogP contribution in [0.5, 0.6) is 0 Å². The fourth-order valence-electron chi connectivity index (χ4n) is 2.32. The standard InChI is InChI=1S/C19H17N3O4S2/c23-18(21-22-19(24)17-10-5-11-27-17)15-8-4-9-16(12-15)28(25,26)20-13-14-6-2-1-3-7-14/h1-12,20H,13H2,(H,21,23)(H,22,24). The van der Waals surface area contributed by atoms with E-state index in [4.69, 9.17) is 0 Å². The van der Waals surface area contributed by atoms with Crippen LogP contribution in [0.4, 0.5) is 0 Å². The zero-order chi connectivity index (χ0) is 20.0. The van der Waals surface area contributed by atoms with E-state index in [1.54, 1.807) is 17.5 Å². The van der Waals surface area contributed by atoms with Crippen LogP contribution in [0.1, 0.15) is 25.6 Å². The Balaban J connectivity index is 1.65. The molecule has 2 amide bonds. The lowest BCUT2D eigenvalue weighted by Gasteiger charge is -2.09. The van der Waals surface area contributed by atoms with E-state index in [9.17, 15) is 18.0 Å². The largest absolute Gasteiger partial charge is 0.279 e. The number of thiophene rings is 1. The minimum absolute atomic E-state index is 0.0411. The minimum Gasteiger partial charge on any atom is -0.267 e. The van der Waals surface area contributed by atoms with Crippen molar-refractivity contribution in [3.8, 4) is 0 Å². The molecule has 0 aliphatic heterocycles. The second-order valence-electron chi connectivity index (χ2n) is 5.72. The number of nitrogens with one attached hydrogen (secondary N) is 3. The van der Waals surface area contributed by atoms with Gasteiger partial charge >= 0.3 is 0 Å². The number of rotatable bonds is 6. The molecule has 0 saturated carbocycles. The Morgan fingerprint density at radius 1 is 0.857 bits per heavy atom. The molecule has 2 aromatic carbocycles. The van der Waals surface area contributed by atoms with Crippen molar-refractivity contribution in [3.05, 3.63) is 88.1 Å². The highest BCUT2D eigenvalue weighted by atomic mass is 32.2. The summed E-state index contributed by atoms with van der Waals surface area (Å²) in [5.41, 5.74) is 5.49. The Labute approximate surface area is 166 Å². The molecule has 1 aromatic heterocycles. The number of hydrazine groups is 1. The second kappa shape index (κ2) is 8.79. The van der Waals surface area contributed by atoms with Gasteiger partial charge in [0.1, 0.15) is 0 Å².